The number of unbranched alkanes of at least 4 members (excludes halogenated alkanes) is 2. The molecule has 11 nitrogen and oxygen atoms in total. The molecular weight excluding hydrogens is 402 g/mol. The lowest BCUT2D eigenvalue weighted by molar-refractivity contribution is -0.121. The summed E-state index contributed by atoms with van der Waals surface area (Å²) in [5, 5.41) is 11.1. The van der Waals surface area contributed by atoms with Crippen LogP contribution in [0.1, 0.15) is 61.0 Å². The Morgan fingerprint density at radius 2 is 2.06 bits per heavy atom. The third-order valence-corrected chi connectivity index (χ3v) is 4.96. The van der Waals surface area contributed by atoms with Gasteiger partial charge in [0.15, 0.2) is 6.39 Å². The predicted octanol–water partition coefficient (Wildman–Crippen LogP) is 0.981. The van der Waals surface area contributed by atoms with E-state index in [0.717, 1.165) is 31.4 Å². The number of nitrogens with zero attached hydrogens (tertiary/aromatic N) is 4. The van der Waals surface area contributed by atoms with Gasteiger partial charge in [-0.15, -0.1) is 5.10 Å². The molecule has 3 N–H and O–H groups in total. The van der Waals surface area contributed by atoms with E-state index in [9.17, 15) is 14.4 Å². The van der Waals surface area contributed by atoms with Crippen molar-refractivity contribution in [1.29, 1.82) is 0 Å². The number of carbonyl (C=O) groups excluding carboxylic acids is 1. The highest BCUT2D eigenvalue weighted by molar-refractivity contribution is 5.76. The first-order valence-corrected chi connectivity index (χ1v) is 10.3. The average molecular weight is 429 g/mol. The Balaban J connectivity index is 1.51. The summed E-state index contributed by atoms with van der Waals surface area (Å²) in [6.07, 6.45) is 7.85. The number of amides is 1. The summed E-state index contributed by atoms with van der Waals surface area (Å²) in [4.78, 5) is 44.2. The number of nitrogens with one attached hydrogen (secondary N) is 3. The molecule has 166 valence electrons. The van der Waals surface area contributed by atoms with Crippen molar-refractivity contribution in [2.45, 2.75) is 65.5 Å². The quantitative estimate of drug-likeness (QED) is 0.384. The first-order valence-electron chi connectivity index (χ1n) is 10.3. The lowest BCUT2D eigenvalue weighted by Crippen LogP contribution is -2.29. The van der Waals surface area contributed by atoms with Crippen molar-refractivity contribution < 1.29 is 9.21 Å². The number of rotatable bonds is 11. The number of aromatic nitrogens is 6. The molecule has 3 rings (SSSR count). The van der Waals surface area contributed by atoms with Gasteiger partial charge in [-0.3, -0.25) is 14.6 Å². The van der Waals surface area contributed by atoms with E-state index in [2.05, 4.69) is 37.5 Å². The normalized spacial score (nSPS) is 11.0. The van der Waals surface area contributed by atoms with Gasteiger partial charge in [-0.1, -0.05) is 25.0 Å². The Morgan fingerprint density at radius 3 is 2.84 bits per heavy atom. The van der Waals surface area contributed by atoms with Crippen LogP contribution >= 0.6 is 0 Å². The summed E-state index contributed by atoms with van der Waals surface area (Å²) in [5.74, 6) is 0.292. The largest absolute Gasteiger partial charge is 0.446 e. The van der Waals surface area contributed by atoms with E-state index in [0.29, 0.717) is 29.3 Å². The monoisotopic (exact) mass is 429 g/mol. The van der Waals surface area contributed by atoms with E-state index in [1.807, 2.05) is 6.20 Å². The van der Waals surface area contributed by atoms with Crippen molar-refractivity contribution in [2.75, 3.05) is 0 Å². The maximum absolute atomic E-state index is 12.2. The van der Waals surface area contributed by atoms with E-state index < -0.39 is 11.2 Å². The van der Waals surface area contributed by atoms with Crippen molar-refractivity contribution in [3.63, 3.8) is 0 Å². The Kier molecular flexibility index (Phi) is 7.52. The Bertz CT molecular complexity index is 1120. The third-order valence-electron chi connectivity index (χ3n) is 4.96. The highest BCUT2D eigenvalue weighted by Gasteiger charge is 2.13. The predicted molar refractivity (Wildman–Crippen MR) is 111 cm³/mol. The van der Waals surface area contributed by atoms with Crippen LogP contribution in [-0.4, -0.2) is 35.9 Å². The van der Waals surface area contributed by atoms with Gasteiger partial charge < -0.3 is 14.7 Å². The van der Waals surface area contributed by atoms with E-state index in [-0.39, 0.29) is 25.3 Å². The number of aromatic amines is 2. The minimum absolute atomic E-state index is 0.101. The summed E-state index contributed by atoms with van der Waals surface area (Å²) in [5.41, 5.74) is 1.41. The van der Waals surface area contributed by atoms with Crippen LogP contribution in [0.25, 0.3) is 0 Å². The molecule has 11 heteroatoms. The van der Waals surface area contributed by atoms with Crippen LogP contribution in [0, 0.1) is 6.92 Å². The molecule has 3 aromatic heterocycles. The van der Waals surface area contributed by atoms with Crippen LogP contribution in [0.3, 0.4) is 0 Å². The minimum atomic E-state index is -0.561. The molecule has 31 heavy (non-hydrogen) atoms. The number of H-pyrrole nitrogens is 2. The van der Waals surface area contributed by atoms with E-state index >= 15 is 0 Å². The minimum Gasteiger partial charge on any atom is -0.446 e. The maximum Gasteiger partial charge on any atom is 0.325 e. The van der Waals surface area contributed by atoms with Crippen molar-refractivity contribution in [3.05, 3.63) is 61.8 Å². The Hall–Kier alpha value is -3.50. The Labute approximate surface area is 178 Å². The molecule has 0 spiro atoms. The SMILES string of the molecule is CCCCCc1cn(Cc2ncoc2CNC(=O)CCc2c(C)[nH]c(=O)[nH]c2=O)nn1. The molecule has 0 aliphatic heterocycles. The fourth-order valence-corrected chi connectivity index (χ4v) is 3.24. The second-order valence-electron chi connectivity index (χ2n) is 7.38. The summed E-state index contributed by atoms with van der Waals surface area (Å²) >= 11 is 0. The molecule has 0 aliphatic rings. The molecule has 0 radical (unpaired) electrons. The molecule has 0 atom stereocenters. The summed E-state index contributed by atoms with van der Waals surface area (Å²) in [6.45, 7) is 4.36. The molecular formula is C20H27N7O4. The number of hydrogen-bond donors (Lipinski definition) is 3. The Morgan fingerprint density at radius 1 is 1.23 bits per heavy atom. The van der Waals surface area contributed by atoms with Crippen molar-refractivity contribution in [3.8, 4) is 0 Å². The van der Waals surface area contributed by atoms with Gasteiger partial charge in [0.2, 0.25) is 5.91 Å². The molecule has 0 fully saturated rings. The highest BCUT2D eigenvalue weighted by atomic mass is 16.3. The first kappa shape index (κ1) is 22.2. The van der Waals surface area contributed by atoms with Crippen LogP contribution in [0.4, 0.5) is 0 Å². The van der Waals surface area contributed by atoms with E-state index in [1.54, 1.807) is 11.6 Å². The van der Waals surface area contributed by atoms with Crippen LogP contribution in [-0.2, 0) is 30.7 Å². The van der Waals surface area contributed by atoms with Crippen molar-refractivity contribution in [2.24, 2.45) is 0 Å². The fourth-order valence-electron chi connectivity index (χ4n) is 3.24. The molecule has 0 saturated carbocycles. The molecule has 1 amide bonds. The van der Waals surface area contributed by atoms with E-state index in [1.165, 1.54) is 6.39 Å². The maximum atomic E-state index is 12.2. The summed E-state index contributed by atoms with van der Waals surface area (Å²) in [6, 6.07) is 0. The molecule has 0 saturated heterocycles. The second kappa shape index (κ2) is 10.5. The van der Waals surface area contributed by atoms with Gasteiger partial charge in [0.1, 0.15) is 11.5 Å². The lowest BCUT2D eigenvalue weighted by atomic mass is 10.1. The van der Waals surface area contributed by atoms with Gasteiger partial charge in [0, 0.05) is 23.9 Å². The molecule has 0 unspecified atom stereocenters. The summed E-state index contributed by atoms with van der Waals surface area (Å²) in [7, 11) is 0. The zero-order chi connectivity index (χ0) is 22.2. The number of aryl methyl sites for hydroxylation is 2. The number of carbonyl (C=O) groups is 1. The average Bonchev–Trinajstić information content (AvgIpc) is 3.35. The molecule has 0 aliphatic carbocycles. The lowest BCUT2D eigenvalue weighted by Gasteiger charge is -2.06. The van der Waals surface area contributed by atoms with Crippen molar-refractivity contribution >= 4 is 5.91 Å². The molecule has 0 aromatic carbocycles. The smallest absolute Gasteiger partial charge is 0.325 e. The molecule has 3 heterocycles. The zero-order valence-electron chi connectivity index (χ0n) is 17.7. The van der Waals surface area contributed by atoms with Gasteiger partial charge in [0.25, 0.3) is 5.56 Å². The van der Waals surface area contributed by atoms with Gasteiger partial charge in [-0.2, -0.15) is 0 Å². The number of hydrogen-bond acceptors (Lipinski definition) is 7. The van der Waals surface area contributed by atoms with Crippen molar-refractivity contribution in [1.82, 2.24) is 35.3 Å². The van der Waals surface area contributed by atoms with Gasteiger partial charge in [0.05, 0.1) is 18.8 Å². The molecule has 0 bridgehead atoms. The fraction of sp³-hybridized carbons (Fsp3) is 0.500. The zero-order valence-corrected chi connectivity index (χ0v) is 17.7. The van der Waals surface area contributed by atoms with Gasteiger partial charge in [-0.25, -0.2) is 14.5 Å². The van der Waals surface area contributed by atoms with Crippen LogP contribution in [0.5, 0.6) is 0 Å². The third kappa shape index (κ3) is 6.24. The first-order chi connectivity index (χ1) is 15.0. The van der Waals surface area contributed by atoms with Gasteiger partial charge >= 0.3 is 5.69 Å². The molecule has 3 aromatic rings. The highest BCUT2D eigenvalue weighted by Crippen LogP contribution is 2.10. The van der Waals surface area contributed by atoms with E-state index in [4.69, 9.17) is 4.42 Å². The number of oxazole rings is 1. The standard InChI is InChI=1S/C20H27N7O4/c1-3-4-5-6-14-10-27(26-25-14)11-16-17(31-12-22-16)9-21-18(28)8-7-15-13(2)23-20(30)24-19(15)29/h10,12H,3-9,11H2,1-2H3,(H,21,28)(H2,23,24,29,30). The van der Waals surface area contributed by atoms with Crippen LogP contribution < -0.4 is 16.6 Å². The second-order valence-corrected chi connectivity index (χ2v) is 7.38. The van der Waals surface area contributed by atoms with Crippen LogP contribution in [0.15, 0.2) is 26.6 Å². The topological polar surface area (TPSA) is 152 Å². The van der Waals surface area contributed by atoms with Crippen LogP contribution in [0.2, 0.25) is 0 Å². The van der Waals surface area contributed by atoms with Gasteiger partial charge in [-0.05, 0) is 26.2 Å². The summed E-state index contributed by atoms with van der Waals surface area (Å²) < 4.78 is 7.11.